The summed E-state index contributed by atoms with van der Waals surface area (Å²) in [7, 11) is 0. The van der Waals surface area contributed by atoms with Gasteiger partial charge < -0.3 is 15.4 Å². The van der Waals surface area contributed by atoms with Crippen LogP contribution in [0.25, 0.3) is 10.9 Å². The van der Waals surface area contributed by atoms with Gasteiger partial charge in [-0.25, -0.2) is 0 Å². The highest BCUT2D eigenvalue weighted by Gasteiger charge is 2.25. The zero-order valence-electron chi connectivity index (χ0n) is 11.4. The second-order valence-electron chi connectivity index (χ2n) is 5.20. The molecule has 2 N–H and O–H groups in total. The highest BCUT2D eigenvalue weighted by atomic mass is 35.5. The molecule has 1 aliphatic rings. The SMILES string of the molecule is CC1CN(c2ccnc3cc(Cl)ccc23)CC(CN)O1. The predicted molar refractivity (Wildman–Crippen MR) is 82.4 cm³/mol. The van der Waals surface area contributed by atoms with Crippen molar-refractivity contribution in [2.45, 2.75) is 19.1 Å². The number of halogens is 1. The number of rotatable bonds is 2. The smallest absolute Gasteiger partial charge is 0.0876 e. The summed E-state index contributed by atoms with van der Waals surface area (Å²) >= 11 is 6.04. The molecule has 1 fully saturated rings. The zero-order chi connectivity index (χ0) is 14.1. The first-order valence-electron chi connectivity index (χ1n) is 6.82. The Morgan fingerprint density at radius 3 is 3.05 bits per heavy atom. The minimum atomic E-state index is 0.0780. The molecule has 4 nitrogen and oxygen atoms in total. The number of benzene rings is 1. The average Bonchev–Trinajstić information content (AvgIpc) is 2.45. The van der Waals surface area contributed by atoms with E-state index < -0.39 is 0 Å². The molecular weight excluding hydrogens is 274 g/mol. The summed E-state index contributed by atoms with van der Waals surface area (Å²) in [6.07, 6.45) is 2.08. The van der Waals surface area contributed by atoms with Crippen LogP contribution in [0.2, 0.25) is 5.02 Å². The van der Waals surface area contributed by atoms with E-state index in [2.05, 4.69) is 16.8 Å². The standard InChI is InChI=1S/C15H18ClN3O/c1-10-8-19(9-12(7-17)20-10)15-4-5-18-14-6-11(16)2-3-13(14)15/h2-6,10,12H,7-9,17H2,1H3. The van der Waals surface area contributed by atoms with E-state index in [1.165, 1.54) is 5.69 Å². The number of ether oxygens (including phenoxy) is 1. The normalized spacial score (nSPS) is 23.2. The molecule has 2 atom stereocenters. The molecule has 1 aromatic carbocycles. The highest BCUT2D eigenvalue weighted by molar-refractivity contribution is 6.31. The van der Waals surface area contributed by atoms with Crippen molar-refractivity contribution in [1.82, 2.24) is 4.98 Å². The molecule has 3 rings (SSSR count). The first kappa shape index (κ1) is 13.6. The summed E-state index contributed by atoms with van der Waals surface area (Å²) in [6.45, 7) is 4.28. The monoisotopic (exact) mass is 291 g/mol. The number of hydrogen-bond acceptors (Lipinski definition) is 4. The Hall–Kier alpha value is -1.36. The van der Waals surface area contributed by atoms with Crippen molar-refractivity contribution in [3.05, 3.63) is 35.5 Å². The number of nitrogens with two attached hydrogens (primary N) is 1. The molecule has 2 unspecified atom stereocenters. The fourth-order valence-electron chi connectivity index (χ4n) is 2.75. The van der Waals surface area contributed by atoms with Crippen LogP contribution >= 0.6 is 11.6 Å². The van der Waals surface area contributed by atoms with E-state index in [-0.39, 0.29) is 12.2 Å². The van der Waals surface area contributed by atoms with Crippen LogP contribution in [-0.4, -0.2) is 36.8 Å². The Morgan fingerprint density at radius 1 is 1.40 bits per heavy atom. The fraction of sp³-hybridized carbons (Fsp3) is 0.400. The Balaban J connectivity index is 2.01. The number of morpholine rings is 1. The van der Waals surface area contributed by atoms with Crippen LogP contribution in [0.1, 0.15) is 6.92 Å². The van der Waals surface area contributed by atoms with E-state index in [1.807, 2.05) is 30.5 Å². The van der Waals surface area contributed by atoms with Crippen LogP contribution in [0.4, 0.5) is 5.69 Å². The number of pyridine rings is 1. The molecule has 20 heavy (non-hydrogen) atoms. The van der Waals surface area contributed by atoms with Gasteiger partial charge in [-0.1, -0.05) is 11.6 Å². The topological polar surface area (TPSA) is 51.4 Å². The summed E-state index contributed by atoms with van der Waals surface area (Å²) in [5, 5.41) is 1.82. The largest absolute Gasteiger partial charge is 0.370 e. The summed E-state index contributed by atoms with van der Waals surface area (Å²) < 4.78 is 5.81. The molecule has 5 heteroatoms. The van der Waals surface area contributed by atoms with E-state index in [4.69, 9.17) is 22.1 Å². The molecule has 0 amide bonds. The van der Waals surface area contributed by atoms with Crippen LogP contribution in [-0.2, 0) is 4.74 Å². The maximum atomic E-state index is 6.04. The lowest BCUT2D eigenvalue weighted by molar-refractivity contribution is -0.0103. The molecule has 0 bridgehead atoms. The molecule has 106 valence electrons. The average molecular weight is 292 g/mol. The van der Waals surface area contributed by atoms with Crippen LogP contribution in [0.3, 0.4) is 0 Å². The van der Waals surface area contributed by atoms with E-state index in [9.17, 15) is 0 Å². The van der Waals surface area contributed by atoms with Gasteiger partial charge in [0.1, 0.15) is 0 Å². The van der Waals surface area contributed by atoms with E-state index in [0.717, 1.165) is 24.0 Å². The van der Waals surface area contributed by atoms with Gasteiger partial charge in [0.25, 0.3) is 0 Å². The van der Waals surface area contributed by atoms with Crippen molar-refractivity contribution < 1.29 is 4.74 Å². The second kappa shape index (κ2) is 5.56. The van der Waals surface area contributed by atoms with Crippen LogP contribution < -0.4 is 10.6 Å². The third kappa shape index (κ3) is 2.59. The number of fused-ring (bicyclic) bond motifs is 1. The fourth-order valence-corrected chi connectivity index (χ4v) is 2.92. The maximum Gasteiger partial charge on any atom is 0.0876 e. The zero-order valence-corrected chi connectivity index (χ0v) is 12.2. The summed E-state index contributed by atoms with van der Waals surface area (Å²) in [5.74, 6) is 0. The Labute approximate surface area is 123 Å². The van der Waals surface area contributed by atoms with Crippen molar-refractivity contribution in [3.63, 3.8) is 0 Å². The van der Waals surface area contributed by atoms with Crippen LogP contribution in [0, 0.1) is 0 Å². The quantitative estimate of drug-likeness (QED) is 0.923. The lowest BCUT2D eigenvalue weighted by Crippen LogP contribution is -2.49. The van der Waals surface area contributed by atoms with Crippen molar-refractivity contribution in [2.24, 2.45) is 5.73 Å². The molecule has 1 aromatic heterocycles. The van der Waals surface area contributed by atoms with Crippen molar-refractivity contribution in [1.29, 1.82) is 0 Å². The predicted octanol–water partition coefficient (Wildman–Crippen LogP) is 2.44. The first-order valence-corrected chi connectivity index (χ1v) is 7.20. The van der Waals surface area contributed by atoms with Gasteiger partial charge in [0.05, 0.1) is 17.7 Å². The van der Waals surface area contributed by atoms with Gasteiger partial charge in [-0.2, -0.15) is 0 Å². The molecule has 0 spiro atoms. The number of nitrogens with zero attached hydrogens (tertiary/aromatic N) is 2. The van der Waals surface area contributed by atoms with Crippen LogP contribution in [0.15, 0.2) is 30.5 Å². The molecule has 0 saturated carbocycles. The lowest BCUT2D eigenvalue weighted by Gasteiger charge is -2.38. The van der Waals surface area contributed by atoms with Gasteiger partial charge in [0.15, 0.2) is 0 Å². The number of aromatic nitrogens is 1. The summed E-state index contributed by atoms with van der Waals surface area (Å²) in [4.78, 5) is 6.71. The van der Waals surface area contributed by atoms with Crippen molar-refractivity contribution >= 4 is 28.2 Å². The van der Waals surface area contributed by atoms with Crippen molar-refractivity contribution in [2.75, 3.05) is 24.5 Å². The van der Waals surface area contributed by atoms with Crippen molar-refractivity contribution in [3.8, 4) is 0 Å². The lowest BCUT2D eigenvalue weighted by atomic mass is 10.1. The first-order chi connectivity index (χ1) is 9.67. The minimum Gasteiger partial charge on any atom is -0.370 e. The van der Waals surface area contributed by atoms with Gasteiger partial charge in [-0.05, 0) is 31.2 Å². The van der Waals surface area contributed by atoms with Gasteiger partial charge in [0.2, 0.25) is 0 Å². The van der Waals surface area contributed by atoms with E-state index in [0.29, 0.717) is 11.6 Å². The maximum absolute atomic E-state index is 6.04. The minimum absolute atomic E-state index is 0.0780. The molecule has 2 heterocycles. The summed E-state index contributed by atoms with van der Waals surface area (Å²) in [5.41, 5.74) is 7.84. The number of hydrogen-bond donors (Lipinski definition) is 1. The Morgan fingerprint density at radius 2 is 2.25 bits per heavy atom. The summed E-state index contributed by atoms with van der Waals surface area (Å²) in [6, 6.07) is 7.86. The van der Waals surface area contributed by atoms with E-state index in [1.54, 1.807) is 0 Å². The third-order valence-electron chi connectivity index (χ3n) is 3.61. The molecule has 1 aliphatic heterocycles. The molecular formula is C15H18ClN3O. The Bertz CT molecular complexity index is 619. The van der Waals surface area contributed by atoms with Gasteiger partial charge in [-0.3, -0.25) is 4.98 Å². The molecule has 0 radical (unpaired) electrons. The molecule has 2 aromatic rings. The number of anilines is 1. The Kier molecular flexibility index (Phi) is 3.78. The van der Waals surface area contributed by atoms with Gasteiger partial charge in [0, 0.05) is 41.9 Å². The molecule has 0 aliphatic carbocycles. The van der Waals surface area contributed by atoms with Gasteiger partial charge >= 0.3 is 0 Å². The van der Waals surface area contributed by atoms with E-state index >= 15 is 0 Å². The second-order valence-corrected chi connectivity index (χ2v) is 5.64. The third-order valence-corrected chi connectivity index (χ3v) is 3.85. The molecule has 1 saturated heterocycles. The van der Waals surface area contributed by atoms with Gasteiger partial charge in [-0.15, -0.1) is 0 Å². The highest BCUT2D eigenvalue weighted by Crippen LogP contribution is 2.29. The van der Waals surface area contributed by atoms with Crippen LogP contribution in [0.5, 0.6) is 0 Å².